The van der Waals surface area contributed by atoms with Gasteiger partial charge in [0.25, 0.3) is 0 Å². The number of nitrogen functional groups attached to an aromatic ring is 1. The van der Waals surface area contributed by atoms with Gasteiger partial charge in [-0.1, -0.05) is 12.1 Å². The fraction of sp³-hybridized carbons (Fsp3) is 0.333. The predicted octanol–water partition coefficient (Wildman–Crippen LogP) is 1.22. The summed E-state index contributed by atoms with van der Waals surface area (Å²) in [6.07, 6.45) is 0.853. The topological polar surface area (TPSA) is 69.9 Å². The average molecular weight is 192 g/mol. The Morgan fingerprint density at radius 2 is 2.29 bits per heavy atom. The van der Waals surface area contributed by atoms with Crippen LogP contribution in [0.4, 0.5) is 5.82 Å². The molecule has 74 valence electrons. The SMILES string of the molecule is CCc1cc(-c2cc(N)n(C)n2)on1. The molecule has 0 fully saturated rings. The van der Waals surface area contributed by atoms with E-state index in [4.69, 9.17) is 10.3 Å². The number of aryl methyl sites for hydroxylation is 2. The molecule has 0 bridgehead atoms. The number of hydrogen-bond acceptors (Lipinski definition) is 4. The molecule has 14 heavy (non-hydrogen) atoms. The molecule has 2 aromatic rings. The van der Waals surface area contributed by atoms with Crippen molar-refractivity contribution in [3.05, 3.63) is 17.8 Å². The van der Waals surface area contributed by atoms with Crippen molar-refractivity contribution in [3.63, 3.8) is 0 Å². The van der Waals surface area contributed by atoms with Crippen molar-refractivity contribution < 1.29 is 4.52 Å². The summed E-state index contributed by atoms with van der Waals surface area (Å²) < 4.78 is 6.73. The fourth-order valence-electron chi connectivity index (χ4n) is 1.20. The summed E-state index contributed by atoms with van der Waals surface area (Å²) in [6, 6.07) is 3.64. The lowest BCUT2D eigenvalue weighted by Crippen LogP contribution is -1.96. The van der Waals surface area contributed by atoms with E-state index in [1.807, 2.05) is 13.0 Å². The Balaban J connectivity index is 2.39. The highest BCUT2D eigenvalue weighted by atomic mass is 16.5. The third kappa shape index (κ3) is 1.37. The molecule has 0 aliphatic rings. The van der Waals surface area contributed by atoms with Crippen LogP contribution in [0.3, 0.4) is 0 Å². The molecule has 0 aromatic carbocycles. The Morgan fingerprint density at radius 3 is 2.79 bits per heavy atom. The molecule has 0 saturated heterocycles. The maximum atomic E-state index is 5.66. The number of nitrogens with zero attached hydrogens (tertiary/aromatic N) is 3. The van der Waals surface area contributed by atoms with Crippen molar-refractivity contribution in [2.45, 2.75) is 13.3 Å². The van der Waals surface area contributed by atoms with E-state index < -0.39 is 0 Å². The minimum Gasteiger partial charge on any atom is -0.384 e. The van der Waals surface area contributed by atoms with Gasteiger partial charge < -0.3 is 10.3 Å². The van der Waals surface area contributed by atoms with Crippen LogP contribution in [0.1, 0.15) is 12.6 Å². The molecule has 0 spiro atoms. The molecule has 0 saturated carbocycles. The van der Waals surface area contributed by atoms with E-state index in [-0.39, 0.29) is 0 Å². The second kappa shape index (κ2) is 3.17. The summed E-state index contributed by atoms with van der Waals surface area (Å²) in [5.74, 6) is 1.27. The quantitative estimate of drug-likeness (QED) is 0.776. The van der Waals surface area contributed by atoms with Crippen LogP contribution in [-0.2, 0) is 13.5 Å². The Kier molecular flexibility index (Phi) is 1.99. The van der Waals surface area contributed by atoms with Gasteiger partial charge in [0.2, 0.25) is 0 Å². The molecule has 2 heterocycles. The van der Waals surface area contributed by atoms with Gasteiger partial charge in [-0.15, -0.1) is 0 Å². The lowest BCUT2D eigenvalue weighted by molar-refractivity contribution is 0.423. The van der Waals surface area contributed by atoms with Gasteiger partial charge in [-0.3, -0.25) is 4.68 Å². The van der Waals surface area contributed by atoms with E-state index >= 15 is 0 Å². The van der Waals surface area contributed by atoms with Crippen LogP contribution in [0.5, 0.6) is 0 Å². The Morgan fingerprint density at radius 1 is 1.50 bits per heavy atom. The molecule has 0 aliphatic carbocycles. The molecule has 2 aromatic heterocycles. The summed E-state index contributed by atoms with van der Waals surface area (Å²) in [5, 5.41) is 8.07. The van der Waals surface area contributed by atoms with Gasteiger partial charge in [0, 0.05) is 19.2 Å². The maximum absolute atomic E-state index is 5.66. The van der Waals surface area contributed by atoms with Gasteiger partial charge in [-0.25, -0.2) is 0 Å². The van der Waals surface area contributed by atoms with Gasteiger partial charge in [0.15, 0.2) is 5.76 Å². The second-order valence-corrected chi connectivity index (χ2v) is 3.11. The molecule has 2 N–H and O–H groups in total. The van der Waals surface area contributed by atoms with Crippen LogP contribution >= 0.6 is 0 Å². The van der Waals surface area contributed by atoms with E-state index in [1.54, 1.807) is 17.8 Å². The van der Waals surface area contributed by atoms with Gasteiger partial charge in [-0.05, 0) is 6.42 Å². The zero-order valence-corrected chi connectivity index (χ0v) is 8.19. The molecule has 5 nitrogen and oxygen atoms in total. The van der Waals surface area contributed by atoms with Crippen LogP contribution in [0.2, 0.25) is 0 Å². The number of nitrogens with two attached hydrogens (primary N) is 1. The molecule has 0 aliphatic heterocycles. The Bertz CT molecular complexity index is 424. The van der Waals surface area contributed by atoms with Crippen molar-refractivity contribution in [2.24, 2.45) is 7.05 Å². The van der Waals surface area contributed by atoms with Crippen molar-refractivity contribution in [3.8, 4) is 11.5 Å². The monoisotopic (exact) mass is 192 g/mol. The van der Waals surface area contributed by atoms with Crippen molar-refractivity contribution in [1.82, 2.24) is 14.9 Å². The Hall–Kier alpha value is -1.78. The predicted molar refractivity (Wildman–Crippen MR) is 52.5 cm³/mol. The van der Waals surface area contributed by atoms with Gasteiger partial charge >= 0.3 is 0 Å². The third-order valence-corrected chi connectivity index (χ3v) is 2.09. The minimum atomic E-state index is 0.606. The molecule has 5 heteroatoms. The standard InChI is InChI=1S/C9H12N4O/c1-3-6-4-8(14-12-6)7-5-9(10)13(2)11-7/h4-5H,3,10H2,1-2H3. The molecular formula is C9H12N4O. The van der Waals surface area contributed by atoms with Crippen LogP contribution in [0, 0.1) is 0 Å². The smallest absolute Gasteiger partial charge is 0.187 e. The zero-order chi connectivity index (χ0) is 10.1. The van der Waals surface area contributed by atoms with Crippen molar-refractivity contribution in [1.29, 1.82) is 0 Å². The normalized spacial score (nSPS) is 10.7. The van der Waals surface area contributed by atoms with Gasteiger partial charge in [0.05, 0.1) is 5.69 Å². The highest BCUT2D eigenvalue weighted by molar-refractivity contribution is 5.56. The molecule has 0 atom stereocenters. The largest absolute Gasteiger partial charge is 0.384 e. The minimum absolute atomic E-state index is 0.606. The highest BCUT2D eigenvalue weighted by Crippen LogP contribution is 2.20. The van der Waals surface area contributed by atoms with Crippen LogP contribution in [0.25, 0.3) is 11.5 Å². The lowest BCUT2D eigenvalue weighted by Gasteiger charge is -1.88. The molecular weight excluding hydrogens is 180 g/mol. The number of hydrogen-bond donors (Lipinski definition) is 1. The number of rotatable bonds is 2. The van der Waals surface area contributed by atoms with E-state index in [0.717, 1.165) is 17.8 Å². The Labute approximate surface area is 81.5 Å². The average Bonchev–Trinajstić information content (AvgIpc) is 2.74. The molecule has 0 amide bonds. The zero-order valence-electron chi connectivity index (χ0n) is 8.19. The van der Waals surface area contributed by atoms with E-state index in [0.29, 0.717) is 11.6 Å². The van der Waals surface area contributed by atoms with Crippen LogP contribution < -0.4 is 5.73 Å². The summed E-state index contributed by atoms with van der Waals surface area (Å²) >= 11 is 0. The van der Waals surface area contributed by atoms with E-state index in [1.165, 1.54) is 0 Å². The first-order valence-corrected chi connectivity index (χ1v) is 4.46. The highest BCUT2D eigenvalue weighted by Gasteiger charge is 2.10. The number of anilines is 1. The van der Waals surface area contributed by atoms with Crippen molar-refractivity contribution in [2.75, 3.05) is 5.73 Å². The van der Waals surface area contributed by atoms with E-state index in [9.17, 15) is 0 Å². The fourth-order valence-corrected chi connectivity index (χ4v) is 1.20. The molecule has 2 rings (SSSR count). The molecule has 0 radical (unpaired) electrons. The van der Waals surface area contributed by atoms with E-state index in [2.05, 4.69) is 10.3 Å². The summed E-state index contributed by atoms with van der Waals surface area (Å²) in [7, 11) is 1.79. The lowest BCUT2D eigenvalue weighted by atomic mass is 10.2. The third-order valence-electron chi connectivity index (χ3n) is 2.09. The summed E-state index contributed by atoms with van der Waals surface area (Å²) in [5.41, 5.74) is 7.30. The summed E-state index contributed by atoms with van der Waals surface area (Å²) in [6.45, 7) is 2.02. The van der Waals surface area contributed by atoms with Gasteiger partial charge in [-0.2, -0.15) is 5.10 Å². The first-order chi connectivity index (χ1) is 6.70. The van der Waals surface area contributed by atoms with Crippen LogP contribution in [-0.4, -0.2) is 14.9 Å². The second-order valence-electron chi connectivity index (χ2n) is 3.11. The number of aromatic nitrogens is 3. The first kappa shape index (κ1) is 8.80. The first-order valence-electron chi connectivity index (χ1n) is 4.46. The van der Waals surface area contributed by atoms with Crippen LogP contribution in [0.15, 0.2) is 16.7 Å². The molecule has 0 unspecified atom stereocenters. The summed E-state index contributed by atoms with van der Waals surface area (Å²) in [4.78, 5) is 0. The van der Waals surface area contributed by atoms with Gasteiger partial charge in [0.1, 0.15) is 11.5 Å². The maximum Gasteiger partial charge on any atom is 0.187 e. The van der Waals surface area contributed by atoms with Crippen molar-refractivity contribution >= 4 is 5.82 Å².